The highest BCUT2D eigenvalue weighted by atomic mass is 32.2. The monoisotopic (exact) mass is 334 g/mol. The Labute approximate surface area is 133 Å². The molecule has 23 heavy (non-hydrogen) atoms. The van der Waals surface area contributed by atoms with Gasteiger partial charge in [-0.3, -0.25) is 4.79 Å². The summed E-state index contributed by atoms with van der Waals surface area (Å²) in [4.78, 5) is 12.2. The first-order valence-electron chi connectivity index (χ1n) is 7.13. The van der Waals surface area contributed by atoms with Gasteiger partial charge in [-0.15, -0.1) is 0 Å². The lowest BCUT2D eigenvalue weighted by molar-refractivity contribution is 0.102. The van der Waals surface area contributed by atoms with Crippen molar-refractivity contribution >= 4 is 21.6 Å². The second-order valence-electron chi connectivity index (χ2n) is 5.38. The Morgan fingerprint density at radius 2 is 1.78 bits per heavy atom. The van der Waals surface area contributed by atoms with Gasteiger partial charge in [0.2, 0.25) is 10.0 Å². The minimum absolute atomic E-state index is 0.00306. The van der Waals surface area contributed by atoms with Crippen molar-refractivity contribution in [3.63, 3.8) is 0 Å². The van der Waals surface area contributed by atoms with Crippen molar-refractivity contribution in [1.29, 1.82) is 0 Å². The Bertz CT molecular complexity index is 831. The molecule has 1 aliphatic rings. The summed E-state index contributed by atoms with van der Waals surface area (Å²) in [5.74, 6) is -0.859. The number of sulfonamides is 1. The molecule has 0 heterocycles. The van der Waals surface area contributed by atoms with E-state index in [4.69, 9.17) is 0 Å². The Kier molecular flexibility index (Phi) is 4.14. The van der Waals surface area contributed by atoms with Gasteiger partial charge in [-0.25, -0.2) is 17.5 Å². The van der Waals surface area contributed by atoms with Crippen LogP contribution in [0.3, 0.4) is 0 Å². The molecule has 0 saturated heterocycles. The number of benzene rings is 2. The molecule has 3 rings (SSSR count). The molecule has 0 bridgehead atoms. The smallest absolute Gasteiger partial charge is 0.255 e. The van der Waals surface area contributed by atoms with Gasteiger partial charge in [-0.05, 0) is 55.3 Å². The maximum atomic E-state index is 12.9. The van der Waals surface area contributed by atoms with Crippen molar-refractivity contribution < 1.29 is 17.6 Å². The van der Waals surface area contributed by atoms with Crippen molar-refractivity contribution in [2.24, 2.45) is 0 Å². The maximum absolute atomic E-state index is 12.9. The predicted octanol–water partition coefficient (Wildman–Crippen LogP) is 2.52. The summed E-state index contributed by atoms with van der Waals surface area (Å²) in [5.41, 5.74) is 0.647. The highest BCUT2D eigenvalue weighted by Crippen LogP contribution is 2.22. The van der Waals surface area contributed by atoms with Gasteiger partial charge < -0.3 is 5.32 Å². The molecule has 0 aliphatic heterocycles. The molecule has 1 saturated carbocycles. The first kappa shape index (κ1) is 15.6. The lowest BCUT2D eigenvalue weighted by Crippen LogP contribution is -2.26. The molecule has 0 aromatic heterocycles. The molecule has 2 N–H and O–H groups in total. The number of nitrogens with one attached hydrogen (secondary N) is 2. The van der Waals surface area contributed by atoms with Crippen LogP contribution in [-0.2, 0) is 10.0 Å². The third-order valence-electron chi connectivity index (χ3n) is 3.41. The van der Waals surface area contributed by atoms with Crippen LogP contribution in [0.5, 0.6) is 0 Å². The van der Waals surface area contributed by atoms with E-state index in [0.717, 1.165) is 12.8 Å². The molecule has 0 radical (unpaired) electrons. The number of carbonyl (C=O) groups excluding carboxylic acids is 1. The molecule has 5 nitrogen and oxygen atoms in total. The predicted molar refractivity (Wildman–Crippen MR) is 84.1 cm³/mol. The summed E-state index contributed by atoms with van der Waals surface area (Å²) in [7, 11) is -3.61. The van der Waals surface area contributed by atoms with Gasteiger partial charge in [0.05, 0.1) is 4.90 Å². The number of hydrogen-bond acceptors (Lipinski definition) is 3. The minimum Gasteiger partial charge on any atom is -0.322 e. The molecule has 0 atom stereocenters. The van der Waals surface area contributed by atoms with Crippen LogP contribution in [0.2, 0.25) is 0 Å². The first-order chi connectivity index (χ1) is 10.9. The number of halogens is 1. The van der Waals surface area contributed by atoms with Crippen molar-refractivity contribution in [2.75, 3.05) is 5.32 Å². The van der Waals surface area contributed by atoms with E-state index in [0.29, 0.717) is 5.69 Å². The molecular weight excluding hydrogens is 319 g/mol. The van der Waals surface area contributed by atoms with Crippen LogP contribution in [0.25, 0.3) is 0 Å². The zero-order chi connectivity index (χ0) is 16.4. The third-order valence-corrected chi connectivity index (χ3v) is 4.93. The van der Waals surface area contributed by atoms with E-state index in [1.54, 1.807) is 0 Å². The Balaban J connectivity index is 1.78. The molecule has 2 aromatic carbocycles. The molecule has 0 unspecified atom stereocenters. The van der Waals surface area contributed by atoms with Gasteiger partial charge in [0, 0.05) is 17.3 Å². The molecule has 7 heteroatoms. The van der Waals surface area contributed by atoms with Gasteiger partial charge in [-0.2, -0.15) is 0 Å². The Morgan fingerprint density at radius 3 is 2.43 bits per heavy atom. The van der Waals surface area contributed by atoms with Crippen molar-refractivity contribution in [3.8, 4) is 0 Å². The fourth-order valence-electron chi connectivity index (χ4n) is 2.03. The van der Waals surface area contributed by atoms with E-state index in [1.807, 2.05) is 0 Å². The van der Waals surface area contributed by atoms with Crippen LogP contribution < -0.4 is 10.0 Å². The topological polar surface area (TPSA) is 75.3 Å². The van der Waals surface area contributed by atoms with E-state index < -0.39 is 21.7 Å². The molecular formula is C16H15FN2O3S. The Morgan fingerprint density at radius 1 is 1.09 bits per heavy atom. The SMILES string of the molecule is O=C(Nc1ccc(F)cc1)c1cccc(S(=O)(=O)NC2CC2)c1. The quantitative estimate of drug-likeness (QED) is 0.882. The highest BCUT2D eigenvalue weighted by molar-refractivity contribution is 7.89. The molecule has 2 aromatic rings. The largest absolute Gasteiger partial charge is 0.322 e. The number of amides is 1. The van der Waals surface area contributed by atoms with Crippen LogP contribution >= 0.6 is 0 Å². The first-order valence-corrected chi connectivity index (χ1v) is 8.62. The fourth-order valence-corrected chi connectivity index (χ4v) is 3.38. The van der Waals surface area contributed by atoms with Gasteiger partial charge >= 0.3 is 0 Å². The summed E-state index contributed by atoms with van der Waals surface area (Å²) in [6.45, 7) is 0. The Hall–Kier alpha value is -2.25. The number of hydrogen-bond donors (Lipinski definition) is 2. The second kappa shape index (κ2) is 6.10. The maximum Gasteiger partial charge on any atom is 0.255 e. The zero-order valence-corrected chi connectivity index (χ0v) is 12.9. The molecule has 120 valence electrons. The van der Waals surface area contributed by atoms with Crippen molar-refractivity contribution in [2.45, 2.75) is 23.8 Å². The molecule has 1 aliphatic carbocycles. The second-order valence-corrected chi connectivity index (χ2v) is 7.10. The summed E-state index contributed by atoms with van der Waals surface area (Å²) < 4.78 is 39.8. The van der Waals surface area contributed by atoms with Crippen LogP contribution in [0, 0.1) is 5.82 Å². The average molecular weight is 334 g/mol. The standard InChI is InChI=1S/C16H15FN2O3S/c17-12-4-6-13(7-5-12)18-16(20)11-2-1-3-15(10-11)23(21,22)19-14-8-9-14/h1-7,10,14,19H,8-9H2,(H,18,20). The van der Waals surface area contributed by atoms with Crippen LogP contribution in [0.4, 0.5) is 10.1 Å². The van der Waals surface area contributed by atoms with E-state index in [2.05, 4.69) is 10.0 Å². The van der Waals surface area contributed by atoms with Gasteiger partial charge in [0.1, 0.15) is 5.82 Å². The summed E-state index contributed by atoms with van der Waals surface area (Å²) in [6.07, 6.45) is 1.67. The van der Waals surface area contributed by atoms with Crippen molar-refractivity contribution in [3.05, 3.63) is 59.9 Å². The van der Waals surface area contributed by atoms with Gasteiger partial charge in [0.25, 0.3) is 5.91 Å². The van der Waals surface area contributed by atoms with E-state index >= 15 is 0 Å². The minimum atomic E-state index is -3.61. The normalized spacial score (nSPS) is 14.5. The van der Waals surface area contributed by atoms with Gasteiger partial charge in [-0.1, -0.05) is 6.07 Å². The lowest BCUT2D eigenvalue weighted by Gasteiger charge is -2.08. The van der Waals surface area contributed by atoms with Crippen molar-refractivity contribution in [1.82, 2.24) is 4.72 Å². The van der Waals surface area contributed by atoms with Crippen LogP contribution in [0.1, 0.15) is 23.2 Å². The molecule has 1 amide bonds. The average Bonchev–Trinajstić information content (AvgIpc) is 3.33. The van der Waals surface area contributed by atoms with E-state index in [9.17, 15) is 17.6 Å². The fraction of sp³-hybridized carbons (Fsp3) is 0.188. The highest BCUT2D eigenvalue weighted by Gasteiger charge is 2.28. The third kappa shape index (κ3) is 3.94. The van der Waals surface area contributed by atoms with Crippen LogP contribution in [-0.4, -0.2) is 20.4 Å². The number of anilines is 1. The van der Waals surface area contributed by atoms with Gasteiger partial charge in [0.15, 0.2) is 0 Å². The summed E-state index contributed by atoms with van der Waals surface area (Å²) >= 11 is 0. The van der Waals surface area contributed by atoms with Crippen LogP contribution in [0.15, 0.2) is 53.4 Å². The number of carbonyl (C=O) groups is 1. The molecule has 1 fully saturated rings. The summed E-state index contributed by atoms with van der Waals surface area (Å²) in [6, 6.07) is 11.1. The summed E-state index contributed by atoms with van der Waals surface area (Å²) in [5, 5.41) is 2.60. The zero-order valence-electron chi connectivity index (χ0n) is 12.1. The lowest BCUT2D eigenvalue weighted by atomic mass is 10.2. The molecule has 0 spiro atoms. The number of rotatable bonds is 5. The van der Waals surface area contributed by atoms with E-state index in [-0.39, 0.29) is 16.5 Å². The van der Waals surface area contributed by atoms with E-state index in [1.165, 1.54) is 48.5 Å².